The summed E-state index contributed by atoms with van der Waals surface area (Å²) < 4.78 is 0.479. The van der Waals surface area contributed by atoms with Crippen molar-refractivity contribution in [3.8, 4) is 9.88 Å². The Kier molecular flexibility index (Phi) is 5.17. The van der Waals surface area contributed by atoms with E-state index in [-0.39, 0.29) is 5.91 Å². The van der Waals surface area contributed by atoms with Crippen molar-refractivity contribution >= 4 is 57.8 Å². The molecule has 1 saturated heterocycles. The van der Waals surface area contributed by atoms with E-state index < -0.39 is 0 Å². The minimum atomic E-state index is -0.0818. The number of aryl methyl sites for hydroxylation is 1. The van der Waals surface area contributed by atoms with Crippen LogP contribution in [0.15, 0.2) is 41.8 Å². The summed E-state index contributed by atoms with van der Waals surface area (Å²) in [7, 11) is 0. The predicted molar refractivity (Wildman–Crippen MR) is 112 cm³/mol. The highest BCUT2D eigenvalue weighted by molar-refractivity contribution is 8.19. The van der Waals surface area contributed by atoms with Gasteiger partial charge in [0.15, 0.2) is 0 Å². The summed E-state index contributed by atoms with van der Waals surface area (Å²) in [5.41, 5.74) is 2.90. The van der Waals surface area contributed by atoms with Crippen LogP contribution in [0.3, 0.4) is 0 Å². The number of carbonyl (C=O) groups is 1. The van der Waals surface area contributed by atoms with E-state index in [1.54, 1.807) is 11.3 Å². The zero-order chi connectivity index (χ0) is 17.2. The fourth-order valence-electron chi connectivity index (χ4n) is 2.61. The number of hydrogen-bond acceptors (Lipinski definition) is 6. The van der Waals surface area contributed by atoms with E-state index in [1.165, 1.54) is 28.4 Å². The highest BCUT2D eigenvalue weighted by Crippen LogP contribution is 2.45. The summed E-state index contributed by atoms with van der Waals surface area (Å²) in [6.45, 7) is 1.89. The normalized spacial score (nSPS) is 14.8. The fourth-order valence-corrected chi connectivity index (χ4v) is 7.21. The first-order valence-corrected chi connectivity index (χ1v) is 11.7. The lowest BCUT2D eigenvalue weighted by atomic mass is 10.2. The largest absolute Gasteiger partial charge is 0.321 e. The van der Waals surface area contributed by atoms with Gasteiger partial charge in [-0.05, 0) is 36.1 Å². The van der Waals surface area contributed by atoms with Crippen molar-refractivity contribution in [3.63, 3.8) is 0 Å². The van der Waals surface area contributed by atoms with Gasteiger partial charge in [0.05, 0.1) is 15.2 Å². The topological polar surface area (TPSA) is 42.0 Å². The van der Waals surface area contributed by atoms with Gasteiger partial charge < -0.3 is 5.32 Å². The highest BCUT2D eigenvalue weighted by atomic mass is 32.2. The third-order valence-corrected chi connectivity index (χ3v) is 9.07. The monoisotopic (exact) mass is 404 g/mol. The van der Waals surface area contributed by atoms with Gasteiger partial charge in [-0.2, -0.15) is 0 Å². The van der Waals surface area contributed by atoms with Gasteiger partial charge >= 0.3 is 0 Å². The Morgan fingerprint density at radius 1 is 1.20 bits per heavy atom. The van der Waals surface area contributed by atoms with Crippen LogP contribution in [0.2, 0.25) is 0 Å². The minimum Gasteiger partial charge on any atom is -0.321 e. The molecule has 0 bridgehead atoms. The molecule has 3 nitrogen and oxygen atoms in total. The van der Waals surface area contributed by atoms with Crippen molar-refractivity contribution in [1.29, 1.82) is 0 Å². The number of carbonyl (C=O) groups excluding carboxylic acids is 1. The maximum atomic E-state index is 12.7. The number of aromatic nitrogens is 1. The molecule has 128 valence electrons. The summed E-state index contributed by atoms with van der Waals surface area (Å²) in [5, 5.41) is 5.97. The van der Waals surface area contributed by atoms with Crippen molar-refractivity contribution in [3.05, 3.63) is 57.9 Å². The van der Waals surface area contributed by atoms with Gasteiger partial charge in [-0.15, -0.1) is 46.2 Å². The lowest BCUT2D eigenvalue weighted by molar-refractivity contribution is 0.103. The van der Waals surface area contributed by atoms with Crippen LogP contribution >= 0.6 is 46.2 Å². The zero-order valence-electron chi connectivity index (χ0n) is 13.5. The number of anilines is 1. The molecule has 0 unspecified atom stereocenters. The quantitative estimate of drug-likeness (QED) is 0.587. The van der Waals surface area contributed by atoms with Crippen molar-refractivity contribution in [1.82, 2.24) is 4.98 Å². The molecular formula is C18H16N2OS4. The first kappa shape index (κ1) is 17.1. The van der Waals surface area contributed by atoms with Crippen LogP contribution in [-0.4, -0.2) is 22.4 Å². The van der Waals surface area contributed by atoms with Crippen LogP contribution in [0.25, 0.3) is 9.88 Å². The standard InChI is InChI=1S/C18H16N2OS4/c1-11-15(25-17(19-11)14-6-3-7-22-14)16(21)20-13-5-2-4-12(10-13)18-23-8-9-24-18/h2-7,10,18H,8-9H2,1H3,(H,20,21). The Bertz CT molecular complexity index is 882. The minimum absolute atomic E-state index is 0.0818. The summed E-state index contributed by atoms with van der Waals surface area (Å²) in [6, 6.07) is 12.2. The number of rotatable bonds is 4. The molecule has 2 aromatic heterocycles. The Labute approximate surface area is 163 Å². The van der Waals surface area contributed by atoms with Crippen LogP contribution < -0.4 is 5.32 Å². The molecule has 7 heteroatoms. The summed E-state index contributed by atoms with van der Waals surface area (Å²) >= 11 is 7.03. The van der Waals surface area contributed by atoms with Gasteiger partial charge in [0.25, 0.3) is 5.91 Å². The molecule has 0 radical (unpaired) electrons. The lowest BCUT2D eigenvalue weighted by Crippen LogP contribution is -2.11. The van der Waals surface area contributed by atoms with Crippen LogP contribution in [0.4, 0.5) is 5.69 Å². The van der Waals surface area contributed by atoms with E-state index >= 15 is 0 Å². The SMILES string of the molecule is Cc1nc(-c2cccs2)sc1C(=O)Nc1cccc(C2SCCS2)c1. The number of benzene rings is 1. The fraction of sp³-hybridized carbons (Fsp3) is 0.222. The number of thiophene rings is 1. The molecule has 1 amide bonds. The van der Waals surface area contributed by atoms with E-state index in [0.717, 1.165) is 21.3 Å². The zero-order valence-corrected chi connectivity index (χ0v) is 16.8. The predicted octanol–water partition coefficient (Wildman–Crippen LogP) is 5.91. The van der Waals surface area contributed by atoms with Crippen LogP contribution in [-0.2, 0) is 0 Å². The average molecular weight is 405 g/mol. The Hall–Kier alpha value is -1.28. The van der Waals surface area contributed by atoms with Crippen molar-refractivity contribution in [2.45, 2.75) is 11.5 Å². The van der Waals surface area contributed by atoms with Gasteiger partial charge in [0.1, 0.15) is 9.88 Å². The second-order valence-corrected chi connectivity index (χ2v) is 10.2. The van der Waals surface area contributed by atoms with Gasteiger partial charge in [-0.25, -0.2) is 4.98 Å². The molecule has 1 aliphatic rings. The molecule has 0 spiro atoms. The van der Waals surface area contributed by atoms with Crippen LogP contribution in [0.5, 0.6) is 0 Å². The smallest absolute Gasteiger partial charge is 0.267 e. The maximum Gasteiger partial charge on any atom is 0.267 e. The number of thioether (sulfide) groups is 2. The molecule has 25 heavy (non-hydrogen) atoms. The van der Waals surface area contributed by atoms with Crippen molar-refractivity contribution < 1.29 is 4.79 Å². The number of amides is 1. The number of nitrogens with zero attached hydrogens (tertiary/aromatic N) is 1. The molecular weight excluding hydrogens is 388 g/mol. The Morgan fingerprint density at radius 3 is 2.80 bits per heavy atom. The van der Waals surface area contributed by atoms with E-state index in [0.29, 0.717) is 9.46 Å². The molecule has 3 aromatic rings. The Balaban J connectivity index is 1.53. The maximum absolute atomic E-state index is 12.7. The highest BCUT2D eigenvalue weighted by Gasteiger charge is 2.20. The second kappa shape index (κ2) is 7.53. The lowest BCUT2D eigenvalue weighted by Gasteiger charge is -2.11. The molecule has 1 aromatic carbocycles. The summed E-state index contributed by atoms with van der Waals surface area (Å²) in [4.78, 5) is 19.0. The third kappa shape index (κ3) is 3.79. The third-order valence-electron chi connectivity index (χ3n) is 3.77. The molecule has 0 atom stereocenters. The van der Waals surface area contributed by atoms with E-state index in [9.17, 15) is 4.79 Å². The molecule has 1 fully saturated rings. The van der Waals surface area contributed by atoms with E-state index in [4.69, 9.17) is 0 Å². The number of hydrogen-bond donors (Lipinski definition) is 1. The molecule has 0 aliphatic carbocycles. The van der Waals surface area contributed by atoms with E-state index in [1.807, 2.05) is 60.1 Å². The van der Waals surface area contributed by atoms with E-state index in [2.05, 4.69) is 22.4 Å². The Morgan fingerprint density at radius 2 is 2.04 bits per heavy atom. The van der Waals surface area contributed by atoms with Gasteiger partial charge in [-0.3, -0.25) is 4.79 Å². The molecule has 3 heterocycles. The molecule has 1 N–H and O–H groups in total. The van der Waals surface area contributed by atoms with Crippen LogP contribution in [0, 0.1) is 6.92 Å². The molecule has 0 saturated carbocycles. The molecule has 4 rings (SSSR count). The van der Waals surface area contributed by atoms with Crippen molar-refractivity contribution in [2.24, 2.45) is 0 Å². The summed E-state index contributed by atoms with van der Waals surface area (Å²) in [6.07, 6.45) is 0. The average Bonchev–Trinajstić information content (AvgIpc) is 3.36. The first-order chi connectivity index (χ1) is 12.2. The summed E-state index contributed by atoms with van der Waals surface area (Å²) in [5.74, 6) is 2.30. The van der Waals surface area contributed by atoms with Gasteiger partial charge in [-0.1, -0.05) is 18.2 Å². The van der Waals surface area contributed by atoms with Gasteiger partial charge in [0, 0.05) is 17.2 Å². The number of thiazole rings is 1. The van der Waals surface area contributed by atoms with Crippen LogP contribution in [0.1, 0.15) is 25.5 Å². The number of nitrogens with one attached hydrogen (secondary N) is 1. The second-order valence-electron chi connectivity index (χ2n) is 5.56. The first-order valence-electron chi connectivity index (χ1n) is 7.86. The van der Waals surface area contributed by atoms with Crippen molar-refractivity contribution in [2.75, 3.05) is 16.8 Å². The van der Waals surface area contributed by atoms with Gasteiger partial charge in [0.2, 0.25) is 0 Å². The molecule has 1 aliphatic heterocycles.